The van der Waals surface area contributed by atoms with Crippen molar-refractivity contribution in [2.75, 3.05) is 5.32 Å². The second kappa shape index (κ2) is 7.12. The number of carbonyl (C=O) groups is 1. The first-order valence-electron chi connectivity index (χ1n) is 8.74. The molecule has 1 aromatic carbocycles. The maximum Gasteiger partial charge on any atom is 0.228 e. The first-order chi connectivity index (χ1) is 13.0. The molecule has 1 aliphatic carbocycles. The van der Waals surface area contributed by atoms with Crippen molar-refractivity contribution in [1.29, 1.82) is 0 Å². The SMILES string of the molecule is Cc1c(NC(=O)C2CC(c3ccc(Cl)cc3)C2)n[nH]c1-c1ccncc1F. The Kier molecular flexibility index (Phi) is 4.66. The van der Waals surface area contributed by atoms with E-state index < -0.39 is 5.82 Å². The number of hydrogen-bond acceptors (Lipinski definition) is 3. The van der Waals surface area contributed by atoms with E-state index in [-0.39, 0.29) is 11.8 Å². The first kappa shape index (κ1) is 17.7. The first-order valence-corrected chi connectivity index (χ1v) is 9.12. The Labute approximate surface area is 161 Å². The average Bonchev–Trinajstić information content (AvgIpc) is 2.96. The number of benzene rings is 1. The van der Waals surface area contributed by atoms with Crippen molar-refractivity contribution < 1.29 is 9.18 Å². The molecule has 3 aromatic rings. The normalized spacial score (nSPS) is 18.8. The van der Waals surface area contributed by atoms with Gasteiger partial charge in [0.2, 0.25) is 5.91 Å². The summed E-state index contributed by atoms with van der Waals surface area (Å²) in [5.74, 6) is 0.257. The highest BCUT2D eigenvalue weighted by Crippen LogP contribution is 2.42. The maximum atomic E-state index is 13.9. The van der Waals surface area contributed by atoms with Gasteiger partial charge in [-0.15, -0.1) is 0 Å². The number of halogens is 2. The van der Waals surface area contributed by atoms with E-state index in [0.29, 0.717) is 33.6 Å². The summed E-state index contributed by atoms with van der Waals surface area (Å²) in [6.07, 6.45) is 4.26. The van der Waals surface area contributed by atoms with Crippen molar-refractivity contribution >= 4 is 23.3 Å². The van der Waals surface area contributed by atoms with Gasteiger partial charge in [0.05, 0.1) is 11.9 Å². The Balaban J connectivity index is 1.41. The molecule has 2 aromatic heterocycles. The van der Waals surface area contributed by atoms with Crippen molar-refractivity contribution in [3.8, 4) is 11.3 Å². The predicted octanol–water partition coefficient (Wildman–Crippen LogP) is 4.70. The molecule has 2 N–H and O–H groups in total. The zero-order valence-electron chi connectivity index (χ0n) is 14.7. The van der Waals surface area contributed by atoms with Crippen LogP contribution in [0.4, 0.5) is 10.2 Å². The fourth-order valence-electron chi connectivity index (χ4n) is 3.42. The topological polar surface area (TPSA) is 70.7 Å². The molecule has 4 rings (SSSR count). The summed E-state index contributed by atoms with van der Waals surface area (Å²) in [6, 6.07) is 9.33. The second-order valence-electron chi connectivity index (χ2n) is 6.83. The lowest BCUT2D eigenvalue weighted by Crippen LogP contribution is -2.33. The minimum absolute atomic E-state index is 0.0529. The molecular formula is C20H18ClFN4O. The highest BCUT2D eigenvalue weighted by atomic mass is 35.5. The molecule has 1 saturated carbocycles. The predicted molar refractivity (Wildman–Crippen MR) is 102 cm³/mol. The Morgan fingerprint density at radius 3 is 2.70 bits per heavy atom. The smallest absolute Gasteiger partial charge is 0.228 e. The number of hydrogen-bond donors (Lipinski definition) is 2. The number of aromatic amines is 1. The summed E-state index contributed by atoms with van der Waals surface area (Å²) >= 11 is 5.92. The van der Waals surface area contributed by atoms with E-state index in [1.807, 2.05) is 24.3 Å². The van der Waals surface area contributed by atoms with Gasteiger partial charge in [0.25, 0.3) is 0 Å². The number of rotatable bonds is 4. The molecule has 0 saturated heterocycles. The van der Waals surface area contributed by atoms with Crippen LogP contribution >= 0.6 is 11.6 Å². The lowest BCUT2D eigenvalue weighted by molar-refractivity contribution is -0.122. The summed E-state index contributed by atoms with van der Waals surface area (Å²) in [7, 11) is 0. The van der Waals surface area contributed by atoms with Crippen LogP contribution in [0.15, 0.2) is 42.7 Å². The molecule has 0 atom stereocenters. The lowest BCUT2D eigenvalue weighted by Gasteiger charge is -2.34. The number of amides is 1. The number of nitrogens with one attached hydrogen (secondary N) is 2. The highest BCUT2D eigenvalue weighted by molar-refractivity contribution is 6.30. The van der Waals surface area contributed by atoms with E-state index in [4.69, 9.17) is 11.6 Å². The summed E-state index contributed by atoms with van der Waals surface area (Å²) in [5.41, 5.74) is 2.82. The minimum Gasteiger partial charge on any atom is -0.309 e. The van der Waals surface area contributed by atoms with Gasteiger partial charge in [-0.05, 0) is 49.4 Å². The monoisotopic (exact) mass is 384 g/mol. The summed E-state index contributed by atoms with van der Waals surface area (Å²) in [4.78, 5) is 16.3. The van der Waals surface area contributed by atoms with Crippen LogP contribution in [-0.4, -0.2) is 21.1 Å². The number of anilines is 1. The van der Waals surface area contributed by atoms with Gasteiger partial charge in [-0.1, -0.05) is 23.7 Å². The summed E-state index contributed by atoms with van der Waals surface area (Å²) < 4.78 is 13.9. The van der Waals surface area contributed by atoms with Gasteiger partial charge in [-0.3, -0.25) is 14.9 Å². The number of pyridine rings is 1. The molecule has 138 valence electrons. The van der Waals surface area contributed by atoms with Crippen LogP contribution in [0.1, 0.15) is 29.9 Å². The molecule has 1 fully saturated rings. The lowest BCUT2D eigenvalue weighted by atomic mass is 9.71. The van der Waals surface area contributed by atoms with Gasteiger partial charge in [0.1, 0.15) is 0 Å². The molecule has 0 radical (unpaired) electrons. The molecular weight excluding hydrogens is 367 g/mol. The molecule has 5 nitrogen and oxygen atoms in total. The fourth-order valence-corrected chi connectivity index (χ4v) is 3.54. The van der Waals surface area contributed by atoms with Crippen LogP contribution in [-0.2, 0) is 4.79 Å². The number of aromatic nitrogens is 3. The zero-order valence-corrected chi connectivity index (χ0v) is 15.4. The maximum absolute atomic E-state index is 13.9. The average molecular weight is 385 g/mol. The molecule has 0 bridgehead atoms. The van der Waals surface area contributed by atoms with Gasteiger partial charge in [-0.2, -0.15) is 5.10 Å². The van der Waals surface area contributed by atoms with Crippen LogP contribution in [0.25, 0.3) is 11.3 Å². The van der Waals surface area contributed by atoms with E-state index in [1.165, 1.54) is 11.8 Å². The highest BCUT2D eigenvalue weighted by Gasteiger charge is 2.35. The largest absolute Gasteiger partial charge is 0.309 e. The second-order valence-corrected chi connectivity index (χ2v) is 7.27. The third kappa shape index (κ3) is 3.45. The molecule has 1 amide bonds. The Hall–Kier alpha value is -2.73. The van der Waals surface area contributed by atoms with Gasteiger partial charge >= 0.3 is 0 Å². The van der Waals surface area contributed by atoms with E-state index in [2.05, 4.69) is 20.5 Å². The molecule has 1 aliphatic rings. The van der Waals surface area contributed by atoms with Crippen molar-refractivity contribution in [2.45, 2.75) is 25.7 Å². The van der Waals surface area contributed by atoms with Gasteiger partial charge in [-0.25, -0.2) is 4.39 Å². The van der Waals surface area contributed by atoms with Crippen LogP contribution in [0.2, 0.25) is 5.02 Å². The molecule has 0 spiro atoms. The Morgan fingerprint density at radius 2 is 2.00 bits per heavy atom. The van der Waals surface area contributed by atoms with E-state index in [1.54, 1.807) is 13.0 Å². The minimum atomic E-state index is -0.438. The van der Waals surface area contributed by atoms with Crippen molar-refractivity contribution in [2.24, 2.45) is 5.92 Å². The third-order valence-corrected chi connectivity index (χ3v) is 5.40. The molecule has 0 unspecified atom stereocenters. The molecule has 7 heteroatoms. The molecule has 27 heavy (non-hydrogen) atoms. The number of H-pyrrole nitrogens is 1. The van der Waals surface area contributed by atoms with Gasteiger partial charge in [0.15, 0.2) is 11.6 Å². The third-order valence-electron chi connectivity index (χ3n) is 5.14. The Morgan fingerprint density at radius 1 is 1.26 bits per heavy atom. The summed E-state index contributed by atoms with van der Waals surface area (Å²) in [6.45, 7) is 1.80. The quantitative estimate of drug-likeness (QED) is 0.684. The van der Waals surface area contributed by atoms with E-state index in [9.17, 15) is 9.18 Å². The van der Waals surface area contributed by atoms with Gasteiger partial charge in [0, 0.05) is 28.3 Å². The number of nitrogens with zero attached hydrogens (tertiary/aromatic N) is 2. The van der Waals surface area contributed by atoms with Crippen LogP contribution in [0, 0.1) is 18.7 Å². The van der Waals surface area contributed by atoms with Crippen LogP contribution < -0.4 is 5.32 Å². The standard InChI is InChI=1S/C20H18ClFN4O/c1-11-18(16-6-7-23-10-17(16)22)25-26-19(11)24-20(27)14-8-13(9-14)12-2-4-15(21)5-3-12/h2-7,10,13-14H,8-9H2,1H3,(H2,24,25,26,27). The fraction of sp³-hybridized carbons (Fsp3) is 0.250. The zero-order chi connectivity index (χ0) is 19.0. The van der Waals surface area contributed by atoms with Gasteiger partial charge < -0.3 is 5.32 Å². The van der Waals surface area contributed by atoms with Crippen molar-refractivity contribution in [1.82, 2.24) is 15.2 Å². The van der Waals surface area contributed by atoms with E-state index >= 15 is 0 Å². The molecule has 0 aliphatic heterocycles. The van der Waals surface area contributed by atoms with E-state index in [0.717, 1.165) is 19.0 Å². The van der Waals surface area contributed by atoms with Crippen LogP contribution in [0.3, 0.4) is 0 Å². The summed E-state index contributed by atoms with van der Waals surface area (Å²) in [5, 5.41) is 10.5. The van der Waals surface area contributed by atoms with Crippen molar-refractivity contribution in [3.63, 3.8) is 0 Å². The van der Waals surface area contributed by atoms with Crippen molar-refractivity contribution in [3.05, 3.63) is 64.7 Å². The van der Waals surface area contributed by atoms with Crippen LogP contribution in [0.5, 0.6) is 0 Å². The Bertz CT molecular complexity index is 980. The molecule has 2 heterocycles. The number of carbonyl (C=O) groups excluding carboxylic acids is 1.